The van der Waals surface area contributed by atoms with Crippen molar-refractivity contribution < 1.29 is 18.3 Å². The highest BCUT2D eigenvalue weighted by Gasteiger charge is 2.48. The molecule has 0 spiro atoms. The van der Waals surface area contributed by atoms with Gasteiger partial charge >= 0.3 is 11.9 Å². The van der Waals surface area contributed by atoms with Gasteiger partial charge in [0.05, 0.1) is 6.61 Å². The van der Waals surface area contributed by atoms with E-state index in [1.54, 1.807) is 42.5 Å². The molecule has 0 radical (unpaired) electrons. The summed E-state index contributed by atoms with van der Waals surface area (Å²) in [5.74, 6) is -5.43. The highest BCUT2D eigenvalue weighted by Crippen LogP contribution is 2.38. The van der Waals surface area contributed by atoms with Crippen LogP contribution in [0.15, 0.2) is 58.3 Å². The molecule has 0 saturated carbocycles. The lowest BCUT2D eigenvalue weighted by molar-refractivity contribution is -0.174. The smallest absolute Gasteiger partial charge is 0.379 e. The lowest BCUT2D eigenvalue weighted by Gasteiger charge is -2.23. The monoisotopic (exact) mass is 407 g/mol. The van der Waals surface area contributed by atoms with Crippen molar-refractivity contribution >= 4 is 41.7 Å². The molecular formula is C17H17Cl2F2NO2S. The number of ether oxygens (including phenoxy) is 1. The van der Waals surface area contributed by atoms with Gasteiger partial charge in [0.2, 0.25) is 0 Å². The van der Waals surface area contributed by atoms with E-state index in [1.165, 1.54) is 24.8 Å². The largest absolute Gasteiger partial charge is 0.462 e. The van der Waals surface area contributed by atoms with E-state index in [1.807, 2.05) is 0 Å². The van der Waals surface area contributed by atoms with Gasteiger partial charge in [-0.05, 0) is 42.8 Å². The quantitative estimate of drug-likeness (QED) is 0.675. The van der Waals surface area contributed by atoms with Crippen LogP contribution in [0.4, 0.5) is 8.78 Å². The Balaban J connectivity index is 0.00000312. The van der Waals surface area contributed by atoms with Gasteiger partial charge in [-0.1, -0.05) is 41.6 Å². The number of hydrogen-bond acceptors (Lipinski definition) is 4. The Bertz CT molecular complexity index is 714. The molecule has 2 aromatic rings. The highest BCUT2D eigenvalue weighted by molar-refractivity contribution is 7.99. The minimum absolute atomic E-state index is 0. The number of hydrogen-bond donors (Lipinski definition) is 1. The molecule has 0 amide bonds. The second-order valence-electron chi connectivity index (χ2n) is 4.91. The van der Waals surface area contributed by atoms with Crippen LogP contribution in [0.3, 0.4) is 0 Å². The molecule has 0 saturated heterocycles. The molecular weight excluding hydrogens is 391 g/mol. The van der Waals surface area contributed by atoms with E-state index in [2.05, 4.69) is 4.74 Å². The lowest BCUT2D eigenvalue weighted by atomic mass is 10.0. The molecule has 1 atom stereocenters. The number of esters is 1. The zero-order valence-electron chi connectivity index (χ0n) is 13.2. The highest BCUT2D eigenvalue weighted by atomic mass is 35.5. The zero-order chi connectivity index (χ0) is 17.7. The molecule has 0 aliphatic heterocycles. The minimum atomic E-state index is -3.81. The van der Waals surface area contributed by atoms with E-state index in [9.17, 15) is 13.6 Å². The Kier molecular flexibility index (Phi) is 8.15. The summed E-state index contributed by atoms with van der Waals surface area (Å²) in [6, 6.07) is 11.6. The maximum atomic E-state index is 14.2. The van der Waals surface area contributed by atoms with Gasteiger partial charge in [0.15, 0.2) is 0 Å². The SMILES string of the molecule is CCOC(=O)C(F)(F)[C@@H](N)c1ccccc1Sc1ccc(Cl)cc1.Cl. The molecule has 2 rings (SSSR count). The average Bonchev–Trinajstić information content (AvgIpc) is 2.57. The maximum absolute atomic E-state index is 14.2. The van der Waals surface area contributed by atoms with E-state index in [-0.39, 0.29) is 24.6 Å². The Hall–Kier alpha value is -1.34. The molecule has 0 heterocycles. The fourth-order valence-electron chi connectivity index (χ4n) is 2.01. The molecule has 0 aliphatic carbocycles. The second-order valence-corrected chi connectivity index (χ2v) is 6.47. The van der Waals surface area contributed by atoms with Gasteiger partial charge in [-0.15, -0.1) is 12.4 Å². The Morgan fingerprint density at radius 1 is 1.24 bits per heavy atom. The molecule has 2 N–H and O–H groups in total. The topological polar surface area (TPSA) is 52.3 Å². The third-order valence-electron chi connectivity index (χ3n) is 3.23. The summed E-state index contributed by atoms with van der Waals surface area (Å²) in [5, 5.41) is 0.582. The van der Waals surface area contributed by atoms with Crippen molar-refractivity contribution in [1.29, 1.82) is 0 Å². The molecule has 0 unspecified atom stereocenters. The van der Waals surface area contributed by atoms with Gasteiger partial charge in [0, 0.05) is 14.8 Å². The Morgan fingerprint density at radius 3 is 2.44 bits per heavy atom. The van der Waals surface area contributed by atoms with Crippen LogP contribution in [0.25, 0.3) is 0 Å². The molecule has 25 heavy (non-hydrogen) atoms. The van der Waals surface area contributed by atoms with Crippen molar-refractivity contribution in [1.82, 2.24) is 0 Å². The van der Waals surface area contributed by atoms with Gasteiger partial charge < -0.3 is 10.5 Å². The van der Waals surface area contributed by atoms with Gasteiger partial charge in [-0.25, -0.2) is 4.79 Å². The summed E-state index contributed by atoms with van der Waals surface area (Å²) in [6.07, 6.45) is 0. The average molecular weight is 408 g/mol. The fraction of sp³-hybridized carbons (Fsp3) is 0.235. The summed E-state index contributed by atoms with van der Waals surface area (Å²) in [7, 11) is 0. The van der Waals surface area contributed by atoms with Crippen LogP contribution in [-0.2, 0) is 9.53 Å². The molecule has 136 valence electrons. The summed E-state index contributed by atoms with van der Waals surface area (Å²) >= 11 is 7.11. The van der Waals surface area contributed by atoms with Crippen LogP contribution >= 0.6 is 35.8 Å². The van der Waals surface area contributed by atoms with Crippen LogP contribution in [0.1, 0.15) is 18.5 Å². The number of nitrogens with two attached hydrogens (primary N) is 1. The van der Waals surface area contributed by atoms with Gasteiger partial charge in [0.1, 0.15) is 6.04 Å². The summed E-state index contributed by atoms with van der Waals surface area (Å²) < 4.78 is 32.9. The van der Waals surface area contributed by atoms with Crippen molar-refractivity contribution in [2.24, 2.45) is 5.73 Å². The van der Waals surface area contributed by atoms with Crippen molar-refractivity contribution in [2.75, 3.05) is 6.61 Å². The molecule has 0 aromatic heterocycles. The lowest BCUT2D eigenvalue weighted by Crippen LogP contribution is -2.42. The molecule has 8 heteroatoms. The van der Waals surface area contributed by atoms with E-state index in [0.717, 1.165) is 4.90 Å². The number of carbonyl (C=O) groups excluding carboxylic acids is 1. The molecule has 0 aliphatic rings. The molecule has 2 aromatic carbocycles. The third kappa shape index (κ3) is 5.31. The summed E-state index contributed by atoms with van der Waals surface area (Å²) in [4.78, 5) is 12.9. The number of alkyl halides is 2. The normalized spacial score (nSPS) is 12.2. The van der Waals surface area contributed by atoms with Crippen molar-refractivity contribution in [3.8, 4) is 0 Å². The third-order valence-corrected chi connectivity index (χ3v) is 4.59. The van der Waals surface area contributed by atoms with Gasteiger partial charge in [-0.2, -0.15) is 8.78 Å². The Morgan fingerprint density at radius 2 is 1.84 bits per heavy atom. The standard InChI is InChI=1S/C17H16ClF2NO2S.ClH/c1-2-23-16(22)17(19,20)15(21)13-5-3-4-6-14(13)24-12-9-7-11(18)8-10-12;/h3-10,15H,2,21H2,1H3;1H/t15-;/m0./s1. The first kappa shape index (κ1) is 21.7. The van der Waals surface area contributed by atoms with Crippen molar-refractivity contribution in [3.05, 3.63) is 59.1 Å². The van der Waals surface area contributed by atoms with Gasteiger partial charge in [-0.3, -0.25) is 0 Å². The Labute approximate surface area is 160 Å². The summed E-state index contributed by atoms with van der Waals surface area (Å²) in [6.45, 7) is 1.33. The number of halogens is 4. The van der Waals surface area contributed by atoms with Crippen LogP contribution in [-0.4, -0.2) is 18.5 Å². The van der Waals surface area contributed by atoms with Crippen molar-refractivity contribution in [2.45, 2.75) is 28.7 Å². The van der Waals surface area contributed by atoms with Crippen molar-refractivity contribution in [3.63, 3.8) is 0 Å². The number of rotatable bonds is 6. The number of benzene rings is 2. The summed E-state index contributed by atoms with van der Waals surface area (Å²) in [5.41, 5.74) is 5.87. The fourth-order valence-corrected chi connectivity index (χ4v) is 3.12. The van der Waals surface area contributed by atoms with E-state index in [4.69, 9.17) is 17.3 Å². The van der Waals surface area contributed by atoms with E-state index < -0.39 is 17.9 Å². The predicted octanol–water partition coefficient (Wildman–Crippen LogP) is 5.11. The first-order valence-corrected chi connectivity index (χ1v) is 8.38. The maximum Gasteiger partial charge on any atom is 0.379 e. The van der Waals surface area contributed by atoms with E-state index in [0.29, 0.717) is 9.92 Å². The van der Waals surface area contributed by atoms with Crippen LogP contribution < -0.4 is 5.73 Å². The van der Waals surface area contributed by atoms with Crippen LogP contribution in [0.2, 0.25) is 5.02 Å². The molecule has 0 fully saturated rings. The van der Waals surface area contributed by atoms with Crippen LogP contribution in [0.5, 0.6) is 0 Å². The zero-order valence-corrected chi connectivity index (χ0v) is 15.6. The van der Waals surface area contributed by atoms with E-state index >= 15 is 0 Å². The van der Waals surface area contributed by atoms with Crippen LogP contribution in [0, 0.1) is 0 Å². The first-order chi connectivity index (χ1) is 11.4. The molecule has 0 bridgehead atoms. The second kappa shape index (κ2) is 9.38. The molecule has 3 nitrogen and oxygen atoms in total. The predicted molar refractivity (Wildman–Crippen MR) is 97.8 cm³/mol. The van der Waals surface area contributed by atoms with Gasteiger partial charge in [0.25, 0.3) is 0 Å². The number of carbonyl (C=O) groups is 1. The minimum Gasteiger partial charge on any atom is -0.462 e. The first-order valence-electron chi connectivity index (χ1n) is 7.19.